The molecule has 3 nitrogen and oxygen atoms in total. The zero-order valence-electron chi connectivity index (χ0n) is 9.38. The van der Waals surface area contributed by atoms with Gasteiger partial charge >= 0.3 is 0 Å². The zero-order chi connectivity index (χ0) is 10.9. The summed E-state index contributed by atoms with van der Waals surface area (Å²) in [5, 5.41) is 3.16. The van der Waals surface area contributed by atoms with Crippen LogP contribution in [0, 0.1) is 0 Å². The molecule has 0 saturated carbocycles. The van der Waals surface area contributed by atoms with Gasteiger partial charge in [0.25, 0.3) is 0 Å². The van der Waals surface area contributed by atoms with Crippen LogP contribution in [0.2, 0.25) is 0 Å². The summed E-state index contributed by atoms with van der Waals surface area (Å²) in [5.74, 6) is 0.608. The first-order chi connectivity index (χ1) is 6.62. The van der Waals surface area contributed by atoms with Crippen LogP contribution in [0.3, 0.4) is 0 Å². The number of sulfone groups is 1. The molecule has 0 bridgehead atoms. The molecule has 0 saturated heterocycles. The van der Waals surface area contributed by atoms with Gasteiger partial charge in [0.1, 0.15) is 0 Å². The molecule has 1 N–H and O–H groups in total. The van der Waals surface area contributed by atoms with E-state index in [2.05, 4.69) is 12.2 Å². The molecular formula is C10H23NO2S. The van der Waals surface area contributed by atoms with Crippen LogP contribution >= 0.6 is 0 Å². The molecule has 0 aromatic rings. The largest absolute Gasteiger partial charge is 0.316 e. The molecule has 0 aliphatic carbocycles. The van der Waals surface area contributed by atoms with Gasteiger partial charge in [0.15, 0.2) is 9.84 Å². The lowest BCUT2D eigenvalue weighted by Crippen LogP contribution is -2.25. The molecule has 0 aromatic carbocycles. The van der Waals surface area contributed by atoms with Crippen molar-refractivity contribution in [2.24, 2.45) is 0 Å². The highest BCUT2D eigenvalue weighted by atomic mass is 32.2. The number of nitrogens with one attached hydrogen (secondary N) is 1. The minimum Gasteiger partial charge on any atom is -0.316 e. The summed E-state index contributed by atoms with van der Waals surface area (Å²) in [4.78, 5) is 0. The summed E-state index contributed by atoms with van der Waals surface area (Å²) >= 11 is 0. The normalized spacial score (nSPS) is 11.9. The molecule has 14 heavy (non-hydrogen) atoms. The lowest BCUT2D eigenvalue weighted by atomic mass is 10.2. The Hall–Kier alpha value is -0.0900. The predicted molar refractivity (Wildman–Crippen MR) is 61.3 cm³/mol. The van der Waals surface area contributed by atoms with Crippen LogP contribution in [0.25, 0.3) is 0 Å². The fourth-order valence-corrected chi connectivity index (χ4v) is 2.55. The molecule has 0 aliphatic rings. The summed E-state index contributed by atoms with van der Waals surface area (Å²) in [5.41, 5.74) is 0. The second-order valence-corrected chi connectivity index (χ2v) is 5.91. The smallest absolute Gasteiger partial charge is 0.151 e. The highest BCUT2D eigenvalue weighted by molar-refractivity contribution is 7.91. The fourth-order valence-electron chi connectivity index (χ4n) is 1.27. The van der Waals surface area contributed by atoms with Crippen molar-refractivity contribution in [2.45, 2.75) is 39.5 Å². The average molecular weight is 221 g/mol. The van der Waals surface area contributed by atoms with E-state index in [1.54, 1.807) is 0 Å². The maximum absolute atomic E-state index is 11.3. The molecule has 0 atom stereocenters. The molecule has 0 fully saturated rings. The second kappa shape index (κ2) is 8.24. The third-order valence-corrected chi connectivity index (χ3v) is 3.92. The van der Waals surface area contributed by atoms with E-state index in [1.165, 1.54) is 12.8 Å². The van der Waals surface area contributed by atoms with Gasteiger partial charge in [0, 0.05) is 12.3 Å². The van der Waals surface area contributed by atoms with Crippen molar-refractivity contribution in [3.8, 4) is 0 Å². The molecule has 0 heterocycles. The monoisotopic (exact) mass is 221 g/mol. The van der Waals surface area contributed by atoms with E-state index in [9.17, 15) is 8.42 Å². The molecule has 0 amide bonds. The minimum absolute atomic E-state index is 0.285. The van der Waals surface area contributed by atoms with Crippen LogP contribution in [-0.4, -0.2) is 33.0 Å². The summed E-state index contributed by atoms with van der Waals surface area (Å²) in [7, 11) is -2.79. The Bertz CT molecular complexity index is 212. The van der Waals surface area contributed by atoms with E-state index in [1.807, 2.05) is 6.92 Å². The van der Waals surface area contributed by atoms with Crippen molar-refractivity contribution in [3.05, 3.63) is 0 Å². The van der Waals surface area contributed by atoms with E-state index >= 15 is 0 Å². The second-order valence-electron chi connectivity index (χ2n) is 3.61. The van der Waals surface area contributed by atoms with Crippen LogP contribution in [0.1, 0.15) is 39.5 Å². The Balaban J connectivity index is 3.35. The van der Waals surface area contributed by atoms with Gasteiger partial charge in [-0.3, -0.25) is 0 Å². The highest BCUT2D eigenvalue weighted by Crippen LogP contribution is 1.93. The third-order valence-electron chi connectivity index (χ3n) is 2.06. The first-order valence-corrected chi connectivity index (χ1v) is 7.35. The number of unbranched alkanes of at least 4 members (excludes halogenated alkanes) is 2. The van der Waals surface area contributed by atoms with Crippen LogP contribution in [0.5, 0.6) is 0 Å². The topological polar surface area (TPSA) is 46.2 Å². The van der Waals surface area contributed by atoms with E-state index in [0.29, 0.717) is 12.3 Å². The van der Waals surface area contributed by atoms with Crippen LogP contribution in [0.4, 0.5) is 0 Å². The van der Waals surface area contributed by atoms with E-state index < -0.39 is 9.84 Å². The van der Waals surface area contributed by atoms with Gasteiger partial charge in [-0.05, 0) is 19.4 Å². The van der Waals surface area contributed by atoms with Gasteiger partial charge in [-0.25, -0.2) is 8.42 Å². The molecule has 0 radical (unpaired) electrons. The standard InChI is InChI=1S/C10H23NO2S/c1-3-5-6-7-11-8-10-14(12,13)9-4-2/h11H,3-10H2,1-2H3. The number of hydrogen-bond donors (Lipinski definition) is 1. The van der Waals surface area contributed by atoms with Crippen molar-refractivity contribution in [2.75, 3.05) is 24.6 Å². The fraction of sp³-hybridized carbons (Fsp3) is 1.00. The molecule has 86 valence electrons. The molecule has 0 rings (SSSR count). The van der Waals surface area contributed by atoms with Gasteiger partial charge in [-0.1, -0.05) is 26.7 Å². The van der Waals surface area contributed by atoms with Gasteiger partial charge in [0.2, 0.25) is 0 Å². The van der Waals surface area contributed by atoms with Gasteiger partial charge in [-0.2, -0.15) is 0 Å². The molecule has 4 heteroatoms. The Morgan fingerprint density at radius 2 is 1.64 bits per heavy atom. The summed E-state index contributed by atoms with van der Waals surface area (Å²) in [6.07, 6.45) is 4.28. The molecular weight excluding hydrogens is 198 g/mol. The lowest BCUT2D eigenvalue weighted by Gasteiger charge is -2.04. The first-order valence-electron chi connectivity index (χ1n) is 5.53. The summed E-state index contributed by atoms with van der Waals surface area (Å²) in [6, 6.07) is 0. The Morgan fingerprint density at radius 3 is 2.21 bits per heavy atom. The minimum atomic E-state index is -2.79. The average Bonchev–Trinajstić information content (AvgIpc) is 2.11. The molecule has 0 spiro atoms. The Labute approximate surface area is 88.2 Å². The van der Waals surface area contributed by atoms with E-state index in [0.717, 1.165) is 19.4 Å². The summed E-state index contributed by atoms with van der Waals surface area (Å²) < 4.78 is 22.6. The van der Waals surface area contributed by atoms with Crippen molar-refractivity contribution in [1.29, 1.82) is 0 Å². The predicted octanol–water partition coefficient (Wildman–Crippen LogP) is 1.59. The SMILES string of the molecule is CCCCCNCCS(=O)(=O)CCC. The number of hydrogen-bond acceptors (Lipinski definition) is 3. The quantitative estimate of drug-likeness (QED) is 0.601. The third kappa shape index (κ3) is 8.51. The van der Waals surface area contributed by atoms with Gasteiger partial charge < -0.3 is 5.32 Å². The molecule has 0 unspecified atom stereocenters. The van der Waals surface area contributed by atoms with Crippen LogP contribution in [-0.2, 0) is 9.84 Å². The maximum Gasteiger partial charge on any atom is 0.151 e. The number of rotatable bonds is 9. The first kappa shape index (κ1) is 13.9. The molecule has 0 aliphatic heterocycles. The zero-order valence-corrected chi connectivity index (χ0v) is 10.2. The van der Waals surface area contributed by atoms with Crippen molar-refractivity contribution >= 4 is 9.84 Å². The Morgan fingerprint density at radius 1 is 0.929 bits per heavy atom. The molecule has 0 aromatic heterocycles. The van der Waals surface area contributed by atoms with E-state index in [-0.39, 0.29) is 5.75 Å². The highest BCUT2D eigenvalue weighted by Gasteiger charge is 2.07. The van der Waals surface area contributed by atoms with Crippen LogP contribution < -0.4 is 5.32 Å². The van der Waals surface area contributed by atoms with E-state index in [4.69, 9.17) is 0 Å². The van der Waals surface area contributed by atoms with Crippen molar-refractivity contribution in [3.63, 3.8) is 0 Å². The summed E-state index contributed by atoms with van der Waals surface area (Å²) in [6.45, 7) is 5.60. The van der Waals surface area contributed by atoms with Crippen molar-refractivity contribution in [1.82, 2.24) is 5.32 Å². The lowest BCUT2D eigenvalue weighted by molar-refractivity contribution is 0.585. The van der Waals surface area contributed by atoms with Crippen LogP contribution in [0.15, 0.2) is 0 Å². The van der Waals surface area contributed by atoms with Gasteiger partial charge in [-0.15, -0.1) is 0 Å². The maximum atomic E-state index is 11.3. The van der Waals surface area contributed by atoms with Gasteiger partial charge in [0.05, 0.1) is 5.75 Å². The van der Waals surface area contributed by atoms with Crippen molar-refractivity contribution < 1.29 is 8.42 Å². The Kier molecular flexibility index (Phi) is 8.18.